The standard InChI is InChI=1S/C32H30F2N8O3S/c1-32(2,3)13-25(43)38-21-12-19(15-35-16-21)22-5-6-23-26(27(22)34)30(42-41-23)31-39-24-7-8-36-28(29(24)40-31)18-9-17(10-20(33)11-18)14-37-46(4,44)45/h5-12,15-16,37H,13-14H2,1-4H3,(H,38,43)(H,39,40)(H,41,42). The molecule has 0 atom stereocenters. The van der Waals surface area contributed by atoms with Crippen LogP contribution in [0.3, 0.4) is 0 Å². The van der Waals surface area contributed by atoms with Crippen molar-refractivity contribution in [2.75, 3.05) is 11.6 Å². The summed E-state index contributed by atoms with van der Waals surface area (Å²) < 4.78 is 56.4. The molecule has 0 fully saturated rings. The number of aromatic nitrogens is 6. The van der Waals surface area contributed by atoms with Crippen molar-refractivity contribution in [3.63, 3.8) is 0 Å². The summed E-state index contributed by atoms with van der Waals surface area (Å²) in [5.74, 6) is -1.05. The zero-order valence-corrected chi connectivity index (χ0v) is 26.2. The van der Waals surface area contributed by atoms with Crippen molar-refractivity contribution >= 4 is 43.6 Å². The summed E-state index contributed by atoms with van der Waals surface area (Å²) in [7, 11) is -3.49. The van der Waals surface area contributed by atoms with Crippen LogP contribution in [0.25, 0.3) is 55.8 Å². The molecule has 0 saturated heterocycles. The van der Waals surface area contributed by atoms with Crippen LogP contribution in [-0.4, -0.2) is 50.7 Å². The van der Waals surface area contributed by atoms with Crippen LogP contribution in [-0.2, 0) is 21.4 Å². The molecule has 4 aromatic heterocycles. The maximum Gasteiger partial charge on any atom is 0.224 e. The lowest BCUT2D eigenvalue weighted by Gasteiger charge is -2.17. The number of halogens is 2. The minimum atomic E-state index is -3.49. The van der Waals surface area contributed by atoms with Crippen molar-refractivity contribution in [2.45, 2.75) is 33.7 Å². The van der Waals surface area contributed by atoms with Gasteiger partial charge in [-0.1, -0.05) is 20.8 Å². The molecule has 46 heavy (non-hydrogen) atoms. The van der Waals surface area contributed by atoms with E-state index in [9.17, 15) is 17.6 Å². The Labute approximate surface area is 263 Å². The summed E-state index contributed by atoms with van der Waals surface area (Å²) in [6.07, 6.45) is 5.88. The molecule has 0 bridgehead atoms. The second-order valence-electron chi connectivity index (χ2n) is 12.3. The number of pyridine rings is 2. The highest BCUT2D eigenvalue weighted by molar-refractivity contribution is 7.88. The van der Waals surface area contributed by atoms with Gasteiger partial charge in [0.25, 0.3) is 0 Å². The molecule has 6 aromatic rings. The van der Waals surface area contributed by atoms with Crippen molar-refractivity contribution in [2.24, 2.45) is 5.41 Å². The number of H-pyrrole nitrogens is 2. The predicted molar refractivity (Wildman–Crippen MR) is 172 cm³/mol. The van der Waals surface area contributed by atoms with Crippen LogP contribution in [0.1, 0.15) is 32.8 Å². The molecule has 14 heteroatoms. The van der Waals surface area contributed by atoms with Gasteiger partial charge in [0.2, 0.25) is 15.9 Å². The number of hydrogen-bond donors (Lipinski definition) is 4. The SMILES string of the molecule is CC(C)(C)CC(=O)Nc1cncc(-c2ccc3[nH]nc(-c4nc5c(-c6cc(F)cc(CNS(C)(=O)=O)c6)nccc5[nH]4)c3c2F)c1. The number of carbonyl (C=O) groups excluding carboxylic acids is 1. The van der Waals surface area contributed by atoms with Crippen molar-refractivity contribution < 1.29 is 22.0 Å². The summed E-state index contributed by atoms with van der Waals surface area (Å²) in [5, 5.41) is 10.2. The van der Waals surface area contributed by atoms with Crippen LogP contribution in [0.15, 0.2) is 61.1 Å². The molecule has 0 aliphatic heterocycles. The third-order valence-electron chi connectivity index (χ3n) is 7.09. The molecule has 0 aliphatic rings. The fraction of sp³-hybridized carbons (Fsp3) is 0.219. The molecule has 4 heterocycles. The number of imidazole rings is 1. The van der Waals surface area contributed by atoms with E-state index in [1.54, 1.807) is 30.3 Å². The Hall–Kier alpha value is -5.08. The van der Waals surface area contributed by atoms with E-state index in [0.29, 0.717) is 51.0 Å². The first kappa shape index (κ1) is 30.9. The average Bonchev–Trinajstić information content (AvgIpc) is 3.59. The number of rotatable bonds is 8. The van der Waals surface area contributed by atoms with Crippen LogP contribution in [0.5, 0.6) is 0 Å². The van der Waals surface area contributed by atoms with Gasteiger partial charge in [0.15, 0.2) is 5.82 Å². The van der Waals surface area contributed by atoms with Crippen molar-refractivity contribution in [1.82, 2.24) is 34.9 Å². The minimum absolute atomic E-state index is 0.103. The van der Waals surface area contributed by atoms with Crippen molar-refractivity contribution in [3.8, 4) is 33.9 Å². The summed E-state index contributed by atoms with van der Waals surface area (Å²) in [4.78, 5) is 29.0. The highest BCUT2D eigenvalue weighted by atomic mass is 32.2. The number of fused-ring (bicyclic) bond motifs is 2. The molecule has 0 spiro atoms. The monoisotopic (exact) mass is 644 g/mol. The number of nitrogens with one attached hydrogen (secondary N) is 4. The van der Waals surface area contributed by atoms with E-state index in [1.807, 2.05) is 20.8 Å². The Morgan fingerprint density at radius 1 is 0.978 bits per heavy atom. The molecule has 6 rings (SSSR count). The largest absolute Gasteiger partial charge is 0.336 e. The minimum Gasteiger partial charge on any atom is -0.336 e. The van der Waals surface area contributed by atoms with Gasteiger partial charge in [-0.15, -0.1) is 0 Å². The van der Waals surface area contributed by atoms with Crippen LogP contribution >= 0.6 is 0 Å². The molecule has 2 aromatic carbocycles. The van der Waals surface area contributed by atoms with E-state index in [-0.39, 0.29) is 40.3 Å². The Morgan fingerprint density at radius 3 is 2.54 bits per heavy atom. The molecule has 0 unspecified atom stereocenters. The van der Waals surface area contributed by atoms with E-state index in [4.69, 9.17) is 0 Å². The second kappa shape index (κ2) is 11.7. The fourth-order valence-electron chi connectivity index (χ4n) is 5.17. The number of hydrogen-bond acceptors (Lipinski definition) is 7. The molecule has 0 aliphatic carbocycles. The number of nitrogens with zero attached hydrogens (tertiary/aromatic N) is 4. The van der Waals surface area contributed by atoms with Gasteiger partial charge in [-0.25, -0.2) is 26.9 Å². The Balaban J connectivity index is 1.38. The first-order chi connectivity index (χ1) is 21.7. The third kappa shape index (κ3) is 6.62. The smallest absolute Gasteiger partial charge is 0.224 e. The first-order valence-electron chi connectivity index (χ1n) is 14.3. The summed E-state index contributed by atoms with van der Waals surface area (Å²) in [6.45, 7) is 5.79. The lowest BCUT2D eigenvalue weighted by atomic mass is 9.92. The second-order valence-corrected chi connectivity index (χ2v) is 14.1. The van der Waals surface area contributed by atoms with Crippen LogP contribution < -0.4 is 10.0 Å². The topological polar surface area (TPSA) is 158 Å². The summed E-state index contributed by atoms with van der Waals surface area (Å²) in [5.41, 5.74) is 3.69. The van der Waals surface area contributed by atoms with Crippen LogP contribution in [0.4, 0.5) is 14.5 Å². The molecular formula is C32H30F2N8O3S. The first-order valence-corrected chi connectivity index (χ1v) is 16.1. The van der Waals surface area contributed by atoms with Gasteiger partial charge in [0.1, 0.15) is 22.8 Å². The summed E-state index contributed by atoms with van der Waals surface area (Å²) in [6, 6.07) is 10.8. The number of anilines is 1. The molecule has 4 N–H and O–H groups in total. The van der Waals surface area contributed by atoms with Gasteiger partial charge in [-0.2, -0.15) is 5.10 Å². The van der Waals surface area contributed by atoms with Gasteiger partial charge in [-0.05, 0) is 53.4 Å². The third-order valence-corrected chi connectivity index (χ3v) is 7.75. The number of sulfonamides is 1. The molecule has 236 valence electrons. The van der Waals surface area contributed by atoms with Crippen LogP contribution in [0.2, 0.25) is 0 Å². The van der Waals surface area contributed by atoms with E-state index in [1.165, 1.54) is 30.7 Å². The number of amides is 1. The van der Waals surface area contributed by atoms with Gasteiger partial charge < -0.3 is 10.3 Å². The zero-order chi connectivity index (χ0) is 32.8. The lowest BCUT2D eigenvalue weighted by Crippen LogP contribution is -2.21. The van der Waals surface area contributed by atoms with Crippen molar-refractivity contribution in [3.05, 3.63) is 78.3 Å². The van der Waals surface area contributed by atoms with Gasteiger partial charge >= 0.3 is 0 Å². The Morgan fingerprint density at radius 2 is 1.78 bits per heavy atom. The average molecular weight is 645 g/mol. The van der Waals surface area contributed by atoms with E-state index < -0.39 is 21.7 Å². The normalized spacial score (nSPS) is 12.2. The highest BCUT2D eigenvalue weighted by Crippen LogP contribution is 2.35. The fourth-order valence-corrected chi connectivity index (χ4v) is 5.60. The zero-order valence-electron chi connectivity index (χ0n) is 25.4. The van der Waals surface area contributed by atoms with Gasteiger partial charge in [0.05, 0.1) is 40.3 Å². The van der Waals surface area contributed by atoms with E-state index >= 15 is 4.39 Å². The lowest BCUT2D eigenvalue weighted by molar-refractivity contribution is -0.117. The van der Waals surface area contributed by atoms with Crippen molar-refractivity contribution in [1.29, 1.82) is 0 Å². The molecule has 1 amide bonds. The number of carbonyl (C=O) groups is 1. The predicted octanol–water partition coefficient (Wildman–Crippen LogP) is 5.93. The maximum atomic E-state index is 16.3. The maximum absolute atomic E-state index is 16.3. The van der Waals surface area contributed by atoms with Gasteiger partial charge in [0, 0.05) is 42.0 Å². The molecule has 0 saturated carbocycles. The van der Waals surface area contributed by atoms with E-state index in [2.05, 4.69) is 40.2 Å². The van der Waals surface area contributed by atoms with E-state index in [0.717, 1.165) is 6.26 Å². The van der Waals surface area contributed by atoms with Crippen LogP contribution in [0, 0.1) is 17.0 Å². The van der Waals surface area contributed by atoms with Gasteiger partial charge in [-0.3, -0.25) is 19.9 Å². The quantitative estimate of drug-likeness (QED) is 0.160. The summed E-state index contributed by atoms with van der Waals surface area (Å²) >= 11 is 0. The number of benzene rings is 2. The highest BCUT2D eigenvalue weighted by Gasteiger charge is 2.22. The Kier molecular flexibility index (Phi) is 7.86. The Bertz CT molecular complexity index is 2240. The number of aromatic amines is 2. The molecular weight excluding hydrogens is 614 g/mol. The molecule has 11 nitrogen and oxygen atoms in total. The molecule has 0 radical (unpaired) electrons.